The molecule has 3 rings (SSSR count). The Morgan fingerprint density at radius 1 is 0.621 bits per heavy atom. The SMILES string of the molecule is CC(C)(C)c1cc(NN=C(c2ccccc2)c2ccccc2)cc(C(C)(C)C)c1. The van der Waals surface area contributed by atoms with Gasteiger partial charge in [0.05, 0.1) is 11.4 Å². The van der Waals surface area contributed by atoms with E-state index in [4.69, 9.17) is 5.10 Å². The zero-order valence-corrected chi connectivity index (χ0v) is 18.5. The molecule has 2 heteroatoms. The summed E-state index contributed by atoms with van der Waals surface area (Å²) in [6.45, 7) is 13.5. The maximum absolute atomic E-state index is 4.85. The molecule has 0 saturated carbocycles. The van der Waals surface area contributed by atoms with Gasteiger partial charge in [-0.05, 0) is 34.1 Å². The first-order valence-electron chi connectivity index (χ1n) is 10.3. The molecule has 0 bridgehead atoms. The van der Waals surface area contributed by atoms with Crippen LogP contribution in [0.5, 0.6) is 0 Å². The van der Waals surface area contributed by atoms with Crippen LogP contribution in [0.3, 0.4) is 0 Å². The summed E-state index contributed by atoms with van der Waals surface area (Å²) < 4.78 is 0. The van der Waals surface area contributed by atoms with E-state index in [1.54, 1.807) is 0 Å². The van der Waals surface area contributed by atoms with Crippen LogP contribution in [0.1, 0.15) is 63.8 Å². The number of nitrogens with zero attached hydrogens (tertiary/aromatic N) is 1. The Balaban J connectivity index is 2.05. The molecule has 29 heavy (non-hydrogen) atoms. The molecule has 0 aromatic heterocycles. The van der Waals surface area contributed by atoms with Crippen molar-refractivity contribution >= 4 is 11.4 Å². The number of benzene rings is 3. The Kier molecular flexibility index (Phi) is 5.93. The summed E-state index contributed by atoms with van der Waals surface area (Å²) in [5.41, 5.74) is 10.3. The molecule has 0 fully saturated rings. The first kappa shape index (κ1) is 20.9. The standard InChI is InChI=1S/C27H32N2/c1-26(2,3)22-17-23(27(4,5)6)19-24(18-22)28-29-25(20-13-9-7-10-14-20)21-15-11-8-12-16-21/h7-19,28H,1-6H3. The van der Waals surface area contributed by atoms with Crippen LogP contribution in [0.15, 0.2) is 84.0 Å². The van der Waals surface area contributed by atoms with E-state index >= 15 is 0 Å². The van der Waals surface area contributed by atoms with Gasteiger partial charge < -0.3 is 0 Å². The number of anilines is 1. The first-order chi connectivity index (χ1) is 13.6. The molecular weight excluding hydrogens is 352 g/mol. The van der Waals surface area contributed by atoms with Crippen molar-refractivity contribution in [1.29, 1.82) is 0 Å². The highest BCUT2D eigenvalue weighted by Crippen LogP contribution is 2.32. The maximum atomic E-state index is 4.85. The van der Waals surface area contributed by atoms with E-state index in [1.165, 1.54) is 11.1 Å². The lowest BCUT2D eigenvalue weighted by Crippen LogP contribution is -2.17. The van der Waals surface area contributed by atoms with Crippen LogP contribution in [0.25, 0.3) is 0 Å². The Morgan fingerprint density at radius 2 is 1.03 bits per heavy atom. The molecule has 3 aromatic rings. The van der Waals surface area contributed by atoms with Crippen LogP contribution >= 0.6 is 0 Å². The monoisotopic (exact) mass is 384 g/mol. The summed E-state index contributed by atoms with van der Waals surface area (Å²) in [7, 11) is 0. The minimum atomic E-state index is 0.0725. The third-order valence-corrected chi connectivity index (χ3v) is 5.06. The molecule has 0 atom stereocenters. The Bertz CT molecular complexity index is 899. The van der Waals surface area contributed by atoms with Crippen molar-refractivity contribution in [3.05, 3.63) is 101 Å². The largest absolute Gasteiger partial charge is 0.278 e. The highest BCUT2D eigenvalue weighted by molar-refractivity contribution is 6.13. The maximum Gasteiger partial charge on any atom is 0.0977 e. The van der Waals surface area contributed by atoms with E-state index in [-0.39, 0.29) is 10.8 Å². The van der Waals surface area contributed by atoms with Gasteiger partial charge in [0, 0.05) is 11.1 Å². The number of hydrazone groups is 1. The van der Waals surface area contributed by atoms with Gasteiger partial charge in [-0.25, -0.2) is 0 Å². The molecule has 0 aliphatic heterocycles. The minimum Gasteiger partial charge on any atom is -0.278 e. The van der Waals surface area contributed by atoms with Gasteiger partial charge in [-0.1, -0.05) is 108 Å². The summed E-state index contributed by atoms with van der Waals surface area (Å²) >= 11 is 0. The second-order valence-corrected chi connectivity index (χ2v) is 9.60. The van der Waals surface area contributed by atoms with E-state index in [0.717, 1.165) is 22.5 Å². The van der Waals surface area contributed by atoms with Crippen LogP contribution in [0.4, 0.5) is 5.69 Å². The van der Waals surface area contributed by atoms with Crippen LogP contribution in [0, 0.1) is 0 Å². The smallest absolute Gasteiger partial charge is 0.0977 e. The fourth-order valence-corrected chi connectivity index (χ4v) is 3.17. The number of rotatable bonds is 4. The van der Waals surface area contributed by atoms with Crippen LogP contribution < -0.4 is 5.43 Å². The fraction of sp³-hybridized carbons (Fsp3) is 0.296. The van der Waals surface area contributed by atoms with E-state index in [2.05, 4.69) is 89.4 Å². The van der Waals surface area contributed by atoms with E-state index in [1.807, 2.05) is 36.4 Å². The van der Waals surface area contributed by atoms with Gasteiger partial charge in [0.25, 0.3) is 0 Å². The molecule has 0 unspecified atom stereocenters. The molecule has 0 saturated heterocycles. The third kappa shape index (κ3) is 5.35. The highest BCUT2D eigenvalue weighted by Gasteiger charge is 2.20. The van der Waals surface area contributed by atoms with Crippen LogP contribution in [-0.4, -0.2) is 5.71 Å². The molecule has 0 aliphatic rings. The molecule has 0 amide bonds. The van der Waals surface area contributed by atoms with Crippen molar-refractivity contribution in [2.75, 3.05) is 5.43 Å². The lowest BCUT2D eigenvalue weighted by Gasteiger charge is -2.26. The molecule has 3 aromatic carbocycles. The van der Waals surface area contributed by atoms with Crippen molar-refractivity contribution in [3.8, 4) is 0 Å². The van der Waals surface area contributed by atoms with Crippen molar-refractivity contribution in [3.63, 3.8) is 0 Å². The van der Waals surface area contributed by atoms with Gasteiger partial charge in [0.15, 0.2) is 0 Å². The molecule has 150 valence electrons. The minimum absolute atomic E-state index is 0.0725. The second-order valence-electron chi connectivity index (χ2n) is 9.60. The zero-order valence-electron chi connectivity index (χ0n) is 18.5. The molecule has 0 radical (unpaired) electrons. The van der Waals surface area contributed by atoms with Gasteiger partial charge in [-0.15, -0.1) is 0 Å². The topological polar surface area (TPSA) is 24.4 Å². The van der Waals surface area contributed by atoms with Gasteiger partial charge in [0.1, 0.15) is 0 Å². The Labute approximate surface area is 175 Å². The molecule has 0 spiro atoms. The second kappa shape index (κ2) is 8.24. The van der Waals surface area contributed by atoms with Gasteiger partial charge >= 0.3 is 0 Å². The summed E-state index contributed by atoms with van der Waals surface area (Å²) in [5, 5.41) is 4.85. The summed E-state index contributed by atoms with van der Waals surface area (Å²) in [6.07, 6.45) is 0. The average Bonchev–Trinajstić information content (AvgIpc) is 2.68. The molecule has 1 N–H and O–H groups in total. The van der Waals surface area contributed by atoms with E-state index < -0.39 is 0 Å². The quantitative estimate of drug-likeness (QED) is 0.375. The Morgan fingerprint density at radius 3 is 1.41 bits per heavy atom. The van der Waals surface area contributed by atoms with Gasteiger partial charge in [-0.2, -0.15) is 5.10 Å². The van der Waals surface area contributed by atoms with Gasteiger partial charge in [-0.3, -0.25) is 5.43 Å². The summed E-state index contributed by atoms with van der Waals surface area (Å²) in [4.78, 5) is 0. The molecule has 2 nitrogen and oxygen atoms in total. The van der Waals surface area contributed by atoms with Gasteiger partial charge in [0.2, 0.25) is 0 Å². The predicted molar refractivity (Wildman–Crippen MR) is 126 cm³/mol. The van der Waals surface area contributed by atoms with Crippen molar-refractivity contribution < 1.29 is 0 Å². The fourth-order valence-electron chi connectivity index (χ4n) is 3.17. The lowest BCUT2D eigenvalue weighted by atomic mass is 9.80. The zero-order chi connectivity index (χ0) is 21.1. The lowest BCUT2D eigenvalue weighted by molar-refractivity contribution is 0.569. The number of hydrogen-bond donors (Lipinski definition) is 1. The number of nitrogens with one attached hydrogen (secondary N) is 1. The molecular formula is C27H32N2. The van der Waals surface area contributed by atoms with Crippen LogP contribution in [0.2, 0.25) is 0 Å². The average molecular weight is 385 g/mol. The first-order valence-corrected chi connectivity index (χ1v) is 10.3. The number of hydrogen-bond acceptors (Lipinski definition) is 2. The normalized spacial score (nSPS) is 11.8. The van der Waals surface area contributed by atoms with Crippen LogP contribution in [-0.2, 0) is 10.8 Å². The van der Waals surface area contributed by atoms with E-state index in [0.29, 0.717) is 0 Å². The third-order valence-electron chi connectivity index (χ3n) is 5.06. The summed E-state index contributed by atoms with van der Waals surface area (Å²) in [6, 6.07) is 27.4. The predicted octanol–water partition coefficient (Wildman–Crippen LogP) is 7.15. The highest BCUT2D eigenvalue weighted by atomic mass is 15.3. The molecule has 0 aliphatic carbocycles. The Hall–Kier alpha value is -2.87. The molecule has 0 heterocycles. The summed E-state index contributed by atoms with van der Waals surface area (Å²) in [5.74, 6) is 0. The van der Waals surface area contributed by atoms with Crippen molar-refractivity contribution in [1.82, 2.24) is 0 Å². The van der Waals surface area contributed by atoms with Crippen molar-refractivity contribution in [2.24, 2.45) is 5.10 Å². The van der Waals surface area contributed by atoms with E-state index in [9.17, 15) is 0 Å². The van der Waals surface area contributed by atoms with Crippen molar-refractivity contribution in [2.45, 2.75) is 52.4 Å².